The molecular weight excluding hydrogens is 200 g/mol. The van der Waals surface area contributed by atoms with Gasteiger partial charge in [-0.3, -0.25) is 0 Å². The maximum absolute atomic E-state index is 9.89. The molecular formula is C14H22O2. The normalized spacial score (nSPS) is 13.6. The molecule has 0 saturated carbocycles. The van der Waals surface area contributed by atoms with Crippen molar-refractivity contribution in [3.63, 3.8) is 0 Å². The summed E-state index contributed by atoms with van der Waals surface area (Å²) in [6, 6.07) is 7.97. The van der Waals surface area contributed by atoms with Crippen LogP contribution in [0.5, 0.6) is 5.75 Å². The van der Waals surface area contributed by atoms with Crippen molar-refractivity contribution >= 4 is 0 Å². The molecule has 1 rings (SSSR count). The van der Waals surface area contributed by atoms with Crippen LogP contribution in [0, 0.1) is 5.41 Å². The van der Waals surface area contributed by atoms with Gasteiger partial charge in [-0.15, -0.1) is 0 Å². The number of aliphatic hydroxyl groups excluding tert-OH is 1. The zero-order valence-corrected chi connectivity index (χ0v) is 10.7. The fraction of sp³-hybridized carbons (Fsp3) is 0.571. The average molecular weight is 222 g/mol. The Morgan fingerprint density at radius 1 is 1.25 bits per heavy atom. The largest absolute Gasteiger partial charge is 0.491 e. The Bertz CT molecular complexity index is 326. The Hall–Kier alpha value is -1.02. The van der Waals surface area contributed by atoms with Gasteiger partial charge in [-0.2, -0.15) is 0 Å². The van der Waals surface area contributed by atoms with Gasteiger partial charge in [0.2, 0.25) is 0 Å². The Labute approximate surface area is 98.3 Å². The van der Waals surface area contributed by atoms with Gasteiger partial charge in [0, 0.05) is 0 Å². The molecule has 90 valence electrons. The lowest BCUT2D eigenvalue weighted by molar-refractivity contribution is 0.0216. The van der Waals surface area contributed by atoms with Gasteiger partial charge in [0.05, 0.1) is 6.10 Å². The zero-order chi connectivity index (χ0) is 12.2. The number of benzene rings is 1. The first-order valence-electron chi connectivity index (χ1n) is 5.84. The van der Waals surface area contributed by atoms with Gasteiger partial charge in [0.25, 0.3) is 0 Å². The minimum atomic E-state index is -0.447. The van der Waals surface area contributed by atoms with E-state index in [0.717, 1.165) is 12.2 Å². The summed E-state index contributed by atoms with van der Waals surface area (Å²) in [5.74, 6) is 0.883. The minimum absolute atomic E-state index is 0.138. The van der Waals surface area contributed by atoms with Crippen molar-refractivity contribution in [1.82, 2.24) is 0 Å². The van der Waals surface area contributed by atoms with Crippen LogP contribution in [-0.2, 0) is 6.42 Å². The molecule has 1 N–H and O–H groups in total. The van der Waals surface area contributed by atoms with Gasteiger partial charge in [0.15, 0.2) is 0 Å². The van der Waals surface area contributed by atoms with Crippen molar-refractivity contribution in [3.8, 4) is 5.75 Å². The van der Waals surface area contributed by atoms with E-state index in [4.69, 9.17) is 4.74 Å². The lowest BCUT2D eigenvalue weighted by Crippen LogP contribution is -2.32. The fourth-order valence-corrected chi connectivity index (χ4v) is 1.36. The molecule has 0 fully saturated rings. The molecule has 1 aromatic carbocycles. The summed E-state index contributed by atoms with van der Waals surface area (Å²) in [5, 5.41) is 9.89. The van der Waals surface area contributed by atoms with E-state index in [1.54, 1.807) is 0 Å². The molecule has 1 unspecified atom stereocenters. The van der Waals surface area contributed by atoms with Crippen molar-refractivity contribution in [2.75, 3.05) is 6.61 Å². The molecule has 0 aliphatic heterocycles. The van der Waals surface area contributed by atoms with Crippen LogP contribution < -0.4 is 4.74 Å². The first kappa shape index (κ1) is 13.0. The Morgan fingerprint density at radius 3 is 2.44 bits per heavy atom. The molecule has 0 aromatic heterocycles. The van der Waals surface area contributed by atoms with E-state index >= 15 is 0 Å². The summed E-state index contributed by atoms with van der Waals surface area (Å²) in [6.45, 7) is 8.47. The maximum atomic E-state index is 9.89. The van der Waals surface area contributed by atoms with Gasteiger partial charge >= 0.3 is 0 Å². The highest BCUT2D eigenvalue weighted by Crippen LogP contribution is 2.22. The lowest BCUT2D eigenvalue weighted by atomic mass is 9.90. The second-order valence-electron chi connectivity index (χ2n) is 5.15. The molecule has 0 bridgehead atoms. The average Bonchev–Trinajstić information content (AvgIpc) is 2.24. The van der Waals surface area contributed by atoms with E-state index in [0.29, 0.717) is 6.61 Å². The Kier molecular flexibility index (Phi) is 4.36. The maximum Gasteiger partial charge on any atom is 0.122 e. The molecule has 16 heavy (non-hydrogen) atoms. The predicted octanol–water partition coefficient (Wildman–Crippen LogP) is 3.03. The van der Waals surface area contributed by atoms with Crippen LogP contribution in [0.1, 0.15) is 33.3 Å². The van der Waals surface area contributed by atoms with E-state index in [-0.39, 0.29) is 5.41 Å². The van der Waals surface area contributed by atoms with E-state index < -0.39 is 6.10 Å². The zero-order valence-electron chi connectivity index (χ0n) is 10.7. The standard InChI is InChI=1S/C14H22O2/c1-5-11-8-6-7-9-12(11)16-10-13(15)14(2,3)4/h6-9,13,15H,5,10H2,1-4H3. The molecule has 0 saturated heterocycles. The quantitative estimate of drug-likeness (QED) is 0.848. The number of hydrogen-bond acceptors (Lipinski definition) is 2. The molecule has 2 heteroatoms. The molecule has 1 atom stereocenters. The molecule has 0 heterocycles. The summed E-state index contributed by atoms with van der Waals surface area (Å²) in [4.78, 5) is 0. The number of para-hydroxylation sites is 1. The van der Waals surface area contributed by atoms with Crippen LogP contribution in [-0.4, -0.2) is 17.8 Å². The second kappa shape index (κ2) is 5.35. The Morgan fingerprint density at radius 2 is 1.88 bits per heavy atom. The highest BCUT2D eigenvalue weighted by Gasteiger charge is 2.22. The summed E-state index contributed by atoms with van der Waals surface area (Å²) >= 11 is 0. The molecule has 0 spiro atoms. The molecule has 0 radical (unpaired) electrons. The van der Waals surface area contributed by atoms with Gasteiger partial charge in [-0.05, 0) is 23.5 Å². The highest BCUT2D eigenvalue weighted by atomic mass is 16.5. The number of hydrogen-bond donors (Lipinski definition) is 1. The van der Waals surface area contributed by atoms with Crippen molar-refractivity contribution in [3.05, 3.63) is 29.8 Å². The SMILES string of the molecule is CCc1ccccc1OCC(O)C(C)(C)C. The molecule has 0 aliphatic carbocycles. The van der Waals surface area contributed by atoms with Crippen molar-refractivity contribution in [1.29, 1.82) is 0 Å². The number of aryl methyl sites for hydroxylation is 1. The lowest BCUT2D eigenvalue weighted by Gasteiger charge is -2.26. The van der Waals surface area contributed by atoms with Crippen molar-refractivity contribution in [2.45, 2.75) is 40.2 Å². The van der Waals surface area contributed by atoms with Crippen molar-refractivity contribution in [2.24, 2.45) is 5.41 Å². The van der Waals surface area contributed by atoms with Crippen LogP contribution in [0.25, 0.3) is 0 Å². The fourth-order valence-electron chi connectivity index (χ4n) is 1.36. The van der Waals surface area contributed by atoms with E-state index in [9.17, 15) is 5.11 Å². The van der Waals surface area contributed by atoms with Crippen LogP contribution in [0.2, 0.25) is 0 Å². The summed E-state index contributed by atoms with van der Waals surface area (Å²) in [7, 11) is 0. The van der Waals surface area contributed by atoms with Gasteiger partial charge < -0.3 is 9.84 Å². The monoisotopic (exact) mass is 222 g/mol. The third-order valence-electron chi connectivity index (χ3n) is 2.75. The van der Waals surface area contributed by atoms with Crippen LogP contribution in [0.15, 0.2) is 24.3 Å². The molecule has 2 nitrogen and oxygen atoms in total. The smallest absolute Gasteiger partial charge is 0.122 e. The van der Waals surface area contributed by atoms with Gasteiger partial charge in [-0.25, -0.2) is 0 Å². The summed E-state index contributed by atoms with van der Waals surface area (Å²) in [5.41, 5.74) is 1.05. The molecule has 0 aliphatic rings. The highest BCUT2D eigenvalue weighted by molar-refractivity contribution is 5.33. The second-order valence-corrected chi connectivity index (χ2v) is 5.15. The summed E-state index contributed by atoms with van der Waals surface area (Å²) < 4.78 is 5.67. The number of rotatable bonds is 4. The molecule has 1 aromatic rings. The van der Waals surface area contributed by atoms with E-state index in [2.05, 4.69) is 13.0 Å². The van der Waals surface area contributed by atoms with Crippen LogP contribution >= 0.6 is 0 Å². The van der Waals surface area contributed by atoms with E-state index in [1.807, 2.05) is 39.0 Å². The molecule has 0 amide bonds. The van der Waals surface area contributed by atoms with E-state index in [1.165, 1.54) is 5.56 Å². The van der Waals surface area contributed by atoms with Crippen LogP contribution in [0.3, 0.4) is 0 Å². The third-order valence-corrected chi connectivity index (χ3v) is 2.75. The van der Waals surface area contributed by atoms with Gasteiger partial charge in [0.1, 0.15) is 12.4 Å². The summed E-state index contributed by atoms with van der Waals surface area (Å²) in [6.07, 6.45) is 0.499. The number of ether oxygens (including phenoxy) is 1. The first-order chi connectivity index (χ1) is 7.45. The van der Waals surface area contributed by atoms with Gasteiger partial charge in [-0.1, -0.05) is 45.9 Å². The minimum Gasteiger partial charge on any atom is -0.491 e. The Balaban J connectivity index is 2.61. The van der Waals surface area contributed by atoms with Crippen LogP contribution in [0.4, 0.5) is 0 Å². The number of aliphatic hydroxyl groups is 1. The first-order valence-corrected chi connectivity index (χ1v) is 5.84. The topological polar surface area (TPSA) is 29.5 Å². The third kappa shape index (κ3) is 3.53. The van der Waals surface area contributed by atoms with Crippen molar-refractivity contribution < 1.29 is 9.84 Å². The predicted molar refractivity (Wildman–Crippen MR) is 66.8 cm³/mol.